The Hall–Kier alpha value is -13.8. The van der Waals surface area contributed by atoms with Gasteiger partial charge in [-0.25, -0.2) is 0 Å². The molecule has 0 spiro atoms. The summed E-state index contributed by atoms with van der Waals surface area (Å²) in [5, 5.41) is 30.1. The number of benzene rings is 23. The molecule has 29 rings (SSSR count). The Morgan fingerprint density at radius 2 is 0.333 bits per heavy atom. The van der Waals surface area contributed by atoms with Crippen LogP contribution in [0.1, 0.15) is 11.1 Å². The van der Waals surface area contributed by atoms with Crippen LogP contribution in [0, 0.1) is 0 Å². The SMILES string of the molecule is c1cc(-c2cccc3c2[se]c2ccccc23)cc(-c2cccc3c2[se]c2ccccc23)c1.c1ccc(-c2cccc3c2[se]c2ccccc23)c(-c2ccccc2-c2cccc3c2[se]c2ccccc23)c1.c1ccc2c(c1)Cc1ccc(-c3ccc4c5ccccc5c5ccccc5c4c3)cc1-2.c1ccc2c(c1)[se]c1c(-c3ccc4c5ccccc5c5ccccc5c4c3)cccc12. The van der Waals surface area contributed by atoms with Crippen molar-refractivity contribution in [1.29, 1.82) is 0 Å². The molecule has 1 aliphatic rings. The average molecular weight is 2000 g/mol. The van der Waals surface area contributed by atoms with Crippen LogP contribution in [-0.2, 0) is 6.42 Å². The topological polar surface area (TPSA) is 0 Å². The molecule has 5 heteroatoms. The Labute approximate surface area is 793 Å². The summed E-state index contributed by atoms with van der Waals surface area (Å²) in [6, 6.07) is 171. The van der Waals surface area contributed by atoms with Gasteiger partial charge in [0, 0.05) is 0 Å². The maximum atomic E-state index is 2.42. The molecule has 1 aliphatic carbocycles. The van der Waals surface area contributed by atoms with E-state index >= 15 is 0 Å². The second-order valence-electron chi connectivity index (χ2n) is 34.5. The van der Waals surface area contributed by atoms with E-state index in [2.05, 4.69) is 461 Å². The zero-order valence-electron chi connectivity index (χ0n) is 71.6. The Balaban J connectivity index is 0.0000000925. The molecule has 23 aromatic carbocycles. The third-order valence-corrected chi connectivity index (χ3v) is 40.0. The molecule has 0 N–H and O–H groups in total. The van der Waals surface area contributed by atoms with Crippen LogP contribution in [0.15, 0.2) is 461 Å². The van der Waals surface area contributed by atoms with E-state index in [-0.39, 0.29) is 0 Å². The minimum atomic E-state index is 0.309. The summed E-state index contributed by atoms with van der Waals surface area (Å²) in [4.78, 5) is 0. The van der Waals surface area contributed by atoms with Crippen LogP contribution < -0.4 is 0 Å². The van der Waals surface area contributed by atoms with Crippen LogP contribution in [0.2, 0.25) is 0 Å². The van der Waals surface area contributed by atoms with Gasteiger partial charge in [-0.1, -0.05) is 97.1 Å². The number of rotatable bonds is 7. The number of fused-ring (bicyclic) bond motifs is 30. The Morgan fingerprint density at radius 1 is 0.114 bits per heavy atom. The average Bonchev–Trinajstić information content (AvgIpc) is 1.20. The quantitative estimate of drug-likeness (QED) is 0.110. The van der Waals surface area contributed by atoms with Gasteiger partial charge in [0.2, 0.25) is 0 Å². The third kappa shape index (κ3) is 13.6. The number of hydrogen-bond acceptors (Lipinski definition) is 0. The summed E-state index contributed by atoms with van der Waals surface area (Å²) in [7, 11) is 0. The molecule has 5 heterocycles. The van der Waals surface area contributed by atoms with Gasteiger partial charge in [0.1, 0.15) is 0 Å². The standard InChI is InChI=1S/C36H22Se2.C31H20.C30H18Se2.C30H18Se/c1-3-13-25(29-17-9-19-31-27-15-5-7-21-33(27)37-35(29)31)23(11-1)24-12-2-4-14-26(24)30-18-10-20-32-28-16-6-8-22-34(28)38-36(30)32;1-2-8-24-22(7-1)17-23-14-13-20(18-30(23)24)21-15-16-29-27-11-4-3-9-25(27)26-10-5-6-12-28(26)31(29)19-21;1-3-16-27-23(10-1)25-14-6-12-21(29(25)31-27)19-8-5-9-20(18-19)22-13-7-15-26-24-11-2-4-17-28(24)32-30(22)26;1-2-10-23-21(8-1)22-9-3-4-11-24(22)28-18-19(16-17-25(23)28)20-13-7-14-27-26-12-5-6-15-29(26)31-30(20)27/h1-22H;1-16,18-19H,17H2;1-18H;1-18H. The molecule has 132 heavy (non-hydrogen) atoms. The van der Waals surface area contributed by atoms with Crippen LogP contribution in [0.5, 0.6) is 0 Å². The Morgan fingerprint density at radius 3 is 0.697 bits per heavy atom. The van der Waals surface area contributed by atoms with Crippen molar-refractivity contribution >= 4 is 234 Å². The molecule has 0 bridgehead atoms. The molecule has 0 unspecified atom stereocenters. The molecule has 0 atom stereocenters. The molecule has 28 aromatic rings. The molecule has 0 fully saturated rings. The molecular weight excluding hydrogens is 1920 g/mol. The predicted molar refractivity (Wildman–Crippen MR) is 577 cm³/mol. The van der Waals surface area contributed by atoms with E-state index in [0.29, 0.717) is 72.5 Å². The summed E-state index contributed by atoms with van der Waals surface area (Å²) >= 11 is 1.69. The first-order chi connectivity index (χ1) is 65.5. The molecule has 0 nitrogen and oxygen atoms in total. The van der Waals surface area contributed by atoms with Crippen molar-refractivity contribution in [1.82, 2.24) is 0 Å². The van der Waals surface area contributed by atoms with E-state index < -0.39 is 0 Å². The summed E-state index contributed by atoms with van der Waals surface area (Å²) in [5.74, 6) is 0. The van der Waals surface area contributed by atoms with Gasteiger partial charge in [-0.05, 0) is 84.3 Å². The molecule has 0 saturated heterocycles. The van der Waals surface area contributed by atoms with E-state index in [0.717, 1.165) is 6.42 Å². The van der Waals surface area contributed by atoms with Crippen molar-refractivity contribution in [3.05, 3.63) is 472 Å². The molecular formula is C127H78Se5. The summed E-state index contributed by atoms with van der Waals surface area (Å²) in [6.45, 7) is 0. The van der Waals surface area contributed by atoms with E-state index in [1.165, 1.54) is 261 Å². The summed E-state index contributed by atoms with van der Waals surface area (Å²) in [5.41, 5.74) is 24.4. The van der Waals surface area contributed by atoms with E-state index in [1.54, 1.807) is 0 Å². The number of hydrogen-bond donors (Lipinski definition) is 0. The van der Waals surface area contributed by atoms with E-state index in [4.69, 9.17) is 0 Å². The minimum absolute atomic E-state index is 0.309. The summed E-state index contributed by atoms with van der Waals surface area (Å²) < 4.78 is 15.0. The van der Waals surface area contributed by atoms with Crippen LogP contribution >= 0.6 is 0 Å². The zero-order valence-corrected chi connectivity index (χ0v) is 80.2. The molecule has 0 radical (unpaired) electrons. The predicted octanol–water partition coefficient (Wildman–Crippen LogP) is 33.7. The van der Waals surface area contributed by atoms with Crippen molar-refractivity contribution in [2.75, 3.05) is 0 Å². The van der Waals surface area contributed by atoms with Crippen LogP contribution in [0.3, 0.4) is 0 Å². The van der Waals surface area contributed by atoms with E-state index in [1.807, 2.05) is 0 Å². The third-order valence-electron chi connectivity index (χ3n) is 27.2. The van der Waals surface area contributed by atoms with Gasteiger partial charge in [-0.3, -0.25) is 0 Å². The van der Waals surface area contributed by atoms with Gasteiger partial charge >= 0.3 is 620 Å². The summed E-state index contributed by atoms with van der Waals surface area (Å²) in [6.07, 6.45) is 1.04. The van der Waals surface area contributed by atoms with Crippen LogP contribution in [0.4, 0.5) is 0 Å². The normalized spacial score (nSPS) is 11.9. The molecule has 0 amide bonds. The zero-order chi connectivity index (χ0) is 86.9. The van der Waals surface area contributed by atoms with Crippen molar-refractivity contribution in [2.24, 2.45) is 0 Å². The van der Waals surface area contributed by atoms with E-state index in [9.17, 15) is 0 Å². The van der Waals surface area contributed by atoms with Gasteiger partial charge in [-0.2, -0.15) is 0 Å². The van der Waals surface area contributed by atoms with Crippen molar-refractivity contribution in [3.8, 4) is 89.0 Å². The molecule has 0 saturated carbocycles. The van der Waals surface area contributed by atoms with Gasteiger partial charge in [0.15, 0.2) is 0 Å². The van der Waals surface area contributed by atoms with Crippen LogP contribution in [-0.4, -0.2) is 72.5 Å². The van der Waals surface area contributed by atoms with Crippen LogP contribution in [0.25, 0.3) is 250 Å². The first-order valence-electron chi connectivity index (χ1n) is 45.2. The second kappa shape index (κ2) is 33.2. The van der Waals surface area contributed by atoms with Crippen molar-refractivity contribution in [3.63, 3.8) is 0 Å². The Kier molecular flexibility index (Phi) is 19.9. The van der Waals surface area contributed by atoms with Gasteiger partial charge in [0.25, 0.3) is 0 Å². The van der Waals surface area contributed by atoms with Crippen molar-refractivity contribution < 1.29 is 0 Å². The molecule has 5 aromatic heterocycles. The monoisotopic (exact) mass is 2000 g/mol. The fourth-order valence-electron chi connectivity index (χ4n) is 21.1. The fraction of sp³-hybridized carbons (Fsp3) is 0.00787. The van der Waals surface area contributed by atoms with Crippen molar-refractivity contribution in [2.45, 2.75) is 6.42 Å². The molecule has 616 valence electrons. The first kappa shape index (κ1) is 79.2. The fourth-order valence-corrected chi connectivity index (χ4v) is 34.0. The molecule has 0 aliphatic heterocycles. The second-order valence-corrected chi connectivity index (χ2v) is 45.5. The first-order valence-corrected chi connectivity index (χ1v) is 53.7. The van der Waals surface area contributed by atoms with Gasteiger partial charge < -0.3 is 0 Å². The van der Waals surface area contributed by atoms with Gasteiger partial charge in [0.05, 0.1) is 0 Å². The van der Waals surface area contributed by atoms with Gasteiger partial charge in [-0.15, -0.1) is 0 Å². The Bertz CT molecular complexity index is 9200. The maximum absolute atomic E-state index is 2.42.